The van der Waals surface area contributed by atoms with Gasteiger partial charge in [-0.2, -0.15) is 5.26 Å². The van der Waals surface area contributed by atoms with Crippen LogP contribution in [0.4, 0.5) is 0 Å². The Labute approximate surface area is 129 Å². The number of nitriles is 1. The lowest BCUT2D eigenvalue weighted by atomic mass is 10.2. The lowest BCUT2D eigenvalue weighted by Gasteiger charge is -2.07. The van der Waals surface area contributed by atoms with Crippen LogP contribution in [-0.2, 0) is 12.8 Å². The van der Waals surface area contributed by atoms with Crippen molar-refractivity contribution in [1.82, 2.24) is 30.6 Å². The van der Waals surface area contributed by atoms with Crippen molar-refractivity contribution in [3.8, 4) is 6.19 Å². The van der Waals surface area contributed by atoms with E-state index in [0.29, 0.717) is 19.0 Å². The summed E-state index contributed by atoms with van der Waals surface area (Å²) in [5.41, 5.74) is 3.17. The summed E-state index contributed by atoms with van der Waals surface area (Å²) in [4.78, 5) is 18.7. The van der Waals surface area contributed by atoms with E-state index < -0.39 is 0 Å². The monoisotopic (exact) mass is 300 g/mol. The number of guanidine groups is 1. The SMILES string of the molecule is Cc1[nH]cnc1CCNC(=NCCCc1cnc[nH]1)NC#N. The molecule has 0 amide bonds. The Kier molecular flexibility index (Phi) is 5.99. The predicted molar refractivity (Wildman–Crippen MR) is 83.0 cm³/mol. The Morgan fingerprint density at radius 1 is 1.36 bits per heavy atom. The van der Waals surface area contributed by atoms with E-state index in [0.717, 1.165) is 36.3 Å². The van der Waals surface area contributed by atoms with Gasteiger partial charge in [-0.15, -0.1) is 0 Å². The molecule has 8 nitrogen and oxygen atoms in total. The van der Waals surface area contributed by atoms with Crippen LogP contribution in [0.3, 0.4) is 0 Å². The van der Waals surface area contributed by atoms with Gasteiger partial charge >= 0.3 is 0 Å². The van der Waals surface area contributed by atoms with Gasteiger partial charge in [0.25, 0.3) is 0 Å². The van der Waals surface area contributed by atoms with Gasteiger partial charge in [0.15, 0.2) is 6.19 Å². The van der Waals surface area contributed by atoms with E-state index in [9.17, 15) is 0 Å². The third kappa shape index (κ3) is 4.94. The molecule has 116 valence electrons. The number of aliphatic imine (C=N–C) groups is 1. The minimum atomic E-state index is 0.500. The molecule has 8 heteroatoms. The maximum atomic E-state index is 8.76. The summed E-state index contributed by atoms with van der Waals surface area (Å²) in [6, 6.07) is 0. The van der Waals surface area contributed by atoms with E-state index in [1.54, 1.807) is 12.7 Å². The molecule has 22 heavy (non-hydrogen) atoms. The first-order valence-corrected chi connectivity index (χ1v) is 7.19. The fraction of sp³-hybridized carbons (Fsp3) is 0.429. The normalized spacial score (nSPS) is 11.2. The van der Waals surface area contributed by atoms with Crippen LogP contribution in [0.25, 0.3) is 0 Å². The summed E-state index contributed by atoms with van der Waals surface area (Å²) >= 11 is 0. The van der Waals surface area contributed by atoms with Crippen LogP contribution in [0.15, 0.2) is 23.8 Å². The number of nitrogens with zero attached hydrogens (tertiary/aromatic N) is 4. The molecule has 0 saturated heterocycles. The molecule has 0 fully saturated rings. The Morgan fingerprint density at radius 3 is 2.95 bits per heavy atom. The van der Waals surface area contributed by atoms with Crippen LogP contribution in [-0.4, -0.2) is 39.0 Å². The van der Waals surface area contributed by atoms with Crippen molar-refractivity contribution in [2.24, 2.45) is 4.99 Å². The topological polar surface area (TPSA) is 118 Å². The highest BCUT2D eigenvalue weighted by atomic mass is 15.2. The zero-order valence-corrected chi connectivity index (χ0v) is 12.6. The maximum Gasteiger partial charge on any atom is 0.204 e. The molecule has 0 spiro atoms. The Hall–Kier alpha value is -2.82. The summed E-state index contributed by atoms with van der Waals surface area (Å²) in [6.45, 7) is 3.29. The number of imidazole rings is 2. The van der Waals surface area contributed by atoms with Crippen molar-refractivity contribution in [1.29, 1.82) is 5.26 Å². The average molecular weight is 300 g/mol. The molecule has 2 heterocycles. The Bertz CT molecular complexity index is 620. The summed E-state index contributed by atoms with van der Waals surface area (Å²) in [7, 11) is 0. The van der Waals surface area contributed by atoms with Crippen LogP contribution in [0, 0.1) is 18.4 Å². The lowest BCUT2D eigenvalue weighted by molar-refractivity contribution is 0.784. The van der Waals surface area contributed by atoms with Crippen LogP contribution in [0.2, 0.25) is 0 Å². The number of aromatic amines is 2. The first kappa shape index (κ1) is 15.6. The van der Waals surface area contributed by atoms with Gasteiger partial charge < -0.3 is 15.3 Å². The molecule has 0 aliphatic heterocycles. The third-order valence-electron chi connectivity index (χ3n) is 3.19. The second kappa shape index (κ2) is 8.46. The average Bonchev–Trinajstić information content (AvgIpc) is 3.16. The minimum Gasteiger partial charge on any atom is -0.355 e. The highest BCUT2D eigenvalue weighted by Crippen LogP contribution is 2.00. The van der Waals surface area contributed by atoms with Gasteiger partial charge in [0.2, 0.25) is 5.96 Å². The number of aromatic nitrogens is 4. The van der Waals surface area contributed by atoms with Crippen molar-refractivity contribution in [2.45, 2.75) is 26.2 Å². The second-order valence-corrected chi connectivity index (χ2v) is 4.80. The molecule has 2 rings (SSSR count). The zero-order valence-electron chi connectivity index (χ0n) is 12.6. The van der Waals surface area contributed by atoms with Crippen molar-refractivity contribution >= 4 is 5.96 Å². The highest BCUT2D eigenvalue weighted by molar-refractivity contribution is 5.81. The van der Waals surface area contributed by atoms with Crippen LogP contribution < -0.4 is 10.6 Å². The number of hydrogen-bond acceptors (Lipinski definition) is 4. The fourth-order valence-corrected chi connectivity index (χ4v) is 2.01. The molecule has 0 saturated carbocycles. The molecular formula is C14H20N8. The smallest absolute Gasteiger partial charge is 0.204 e. The zero-order chi connectivity index (χ0) is 15.6. The second-order valence-electron chi connectivity index (χ2n) is 4.80. The molecular weight excluding hydrogens is 280 g/mol. The van der Waals surface area contributed by atoms with Gasteiger partial charge in [-0.05, 0) is 19.8 Å². The van der Waals surface area contributed by atoms with E-state index >= 15 is 0 Å². The van der Waals surface area contributed by atoms with Crippen molar-refractivity contribution in [2.75, 3.05) is 13.1 Å². The van der Waals surface area contributed by atoms with Gasteiger partial charge in [0.1, 0.15) is 0 Å². The molecule has 0 bridgehead atoms. The standard InChI is InChI=1S/C14H20N8/c1-11-13(22-10-20-11)4-6-18-14(19-8-15)17-5-2-3-12-7-16-9-21-12/h7,9-10H,2-6H2,1H3,(H,16,21)(H,20,22)(H2,17,18,19). The summed E-state index contributed by atoms with van der Waals surface area (Å²) in [5.74, 6) is 0.500. The molecule has 2 aromatic heterocycles. The van der Waals surface area contributed by atoms with E-state index in [1.807, 2.05) is 19.3 Å². The number of nitrogens with one attached hydrogen (secondary N) is 4. The Morgan fingerprint density at radius 2 is 2.27 bits per heavy atom. The fourth-order valence-electron chi connectivity index (χ4n) is 2.01. The Balaban J connectivity index is 1.72. The number of aryl methyl sites for hydroxylation is 2. The molecule has 0 radical (unpaired) electrons. The quantitative estimate of drug-likeness (QED) is 0.197. The van der Waals surface area contributed by atoms with E-state index in [4.69, 9.17) is 5.26 Å². The lowest BCUT2D eigenvalue weighted by Crippen LogP contribution is -2.36. The number of hydrogen-bond donors (Lipinski definition) is 4. The molecule has 0 aromatic carbocycles. The number of rotatable bonds is 7. The third-order valence-corrected chi connectivity index (χ3v) is 3.19. The first-order valence-electron chi connectivity index (χ1n) is 7.19. The molecule has 0 aliphatic rings. The van der Waals surface area contributed by atoms with E-state index in [-0.39, 0.29) is 0 Å². The maximum absolute atomic E-state index is 8.76. The van der Waals surface area contributed by atoms with Crippen molar-refractivity contribution in [3.05, 3.63) is 35.9 Å². The number of H-pyrrole nitrogens is 2. The summed E-state index contributed by atoms with van der Waals surface area (Å²) in [6.07, 6.45) is 9.60. The largest absolute Gasteiger partial charge is 0.355 e. The highest BCUT2D eigenvalue weighted by Gasteiger charge is 2.02. The van der Waals surface area contributed by atoms with Crippen LogP contribution in [0.5, 0.6) is 0 Å². The van der Waals surface area contributed by atoms with Gasteiger partial charge in [0, 0.05) is 37.1 Å². The van der Waals surface area contributed by atoms with Crippen LogP contribution in [0.1, 0.15) is 23.5 Å². The van der Waals surface area contributed by atoms with Gasteiger partial charge in [0.05, 0.1) is 18.3 Å². The summed E-state index contributed by atoms with van der Waals surface area (Å²) < 4.78 is 0. The molecule has 0 aliphatic carbocycles. The molecule has 0 atom stereocenters. The molecule has 2 aromatic rings. The van der Waals surface area contributed by atoms with Crippen LogP contribution >= 0.6 is 0 Å². The van der Waals surface area contributed by atoms with Gasteiger partial charge in [-0.25, -0.2) is 9.97 Å². The summed E-state index contributed by atoms with van der Waals surface area (Å²) in [5, 5.41) is 14.4. The van der Waals surface area contributed by atoms with Gasteiger partial charge in [-0.1, -0.05) is 0 Å². The first-order chi connectivity index (χ1) is 10.8. The molecule has 4 N–H and O–H groups in total. The van der Waals surface area contributed by atoms with Gasteiger partial charge in [-0.3, -0.25) is 10.3 Å². The van der Waals surface area contributed by atoms with E-state index in [2.05, 4.69) is 35.6 Å². The van der Waals surface area contributed by atoms with Crippen molar-refractivity contribution < 1.29 is 0 Å². The molecule has 0 unspecified atom stereocenters. The van der Waals surface area contributed by atoms with E-state index in [1.165, 1.54) is 0 Å². The predicted octanol–water partition coefficient (Wildman–Crippen LogP) is 0.633. The van der Waals surface area contributed by atoms with Crippen molar-refractivity contribution in [3.63, 3.8) is 0 Å². The minimum absolute atomic E-state index is 0.500.